The van der Waals surface area contributed by atoms with Crippen molar-refractivity contribution in [3.05, 3.63) is 30.7 Å². The Morgan fingerprint density at radius 3 is 2.88 bits per heavy atom. The van der Waals surface area contributed by atoms with E-state index in [0.717, 1.165) is 32.0 Å². The Balaban J connectivity index is 1.55. The Morgan fingerprint density at radius 2 is 2.12 bits per heavy atom. The summed E-state index contributed by atoms with van der Waals surface area (Å²) in [6.07, 6.45) is 3.09. The molecule has 1 N–H and O–H groups in total. The summed E-state index contributed by atoms with van der Waals surface area (Å²) in [5.74, 6) is 1.49. The van der Waals surface area contributed by atoms with Gasteiger partial charge in [-0.15, -0.1) is 5.10 Å². The van der Waals surface area contributed by atoms with Crippen molar-refractivity contribution < 1.29 is 4.79 Å². The average molecular weight is 345 g/mol. The molecular formula is C15H19N7OS. The molecule has 3 heterocycles. The highest BCUT2D eigenvalue weighted by molar-refractivity contribution is 7.99. The number of piperazine rings is 1. The van der Waals surface area contributed by atoms with Gasteiger partial charge in [0.2, 0.25) is 5.91 Å². The number of carbonyl (C=O) groups excluding carboxylic acids is 1. The number of hydrogen-bond donors (Lipinski definition) is 1. The summed E-state index contributed by atoms with van der Waals surface area (Å²) in [7, 11) is 2.11. The van der Waals surface area contributed by atoms with Crippen LogP contribution in [0.1, 0.15) is 0 Å². The largest absolute Gasteiger partial charge is 0.354 e. The SMILES string of the molecule is CN1CCN(c2cc(NC(=O)CSc3cccnn3)ncn2)CC1. The minimum Gasteiger partial charge on any atom is -0.354 e. The van der Waals surface area contributed by atoms with Crippen LogP contribution in [-0.2, 0) is 4.79 Å². The van der Waals surface area contributed by atoms with Crippen LogP contribution >= 0.6 is 11.8 Å². The molecule has 126 valence electrons. The first-order valence-electron chi connectivity index (χ1n) is 7.66. The smallest absolute Gasteiger partial charge is 0.235 e. The maximum absolute atomic E-state index is 12.1. The highest BCUT2D eigenvalue weighted by Gasteiger charge is 2.16. The lowest BCUT2D eigenvalue weighted by molar-refractivity contribution is -0.113. The maximum atomic E-state index is 12.1. The van der Waals surface area contributed by atoms with Crippen LogP contribution in [0.4, 0.5) is 11.6 Å². The number of hydrogen-bond acceptors (Lipinski definition) is 8. The Morgan fingerprint density at radius 1 is 1.29 bits per heavy atom. The van der Waals surface area contributed by atoms with Gasteiger partial charge in [0.05, 0.1) is 5.75 Å². The number of thioether (sulfide) groups is 1. The topological polar surface area (TPSA) is 87.1 Å². The molecule has 0 unspecified atom stereocenters. The average Bonchev–Trinajstić information content (AvgIpc) is 2.62. The second-order valence-corrected chi connectivity index (χ2v) is 6.45. The van der Waals surface area contributed by atoms with Gasteiger partial charge >= 0.3 is 0 Å². The van der Waals surface area contributed by atoms with E-state index < -0.39 is 0 Å². The van der Waals surface area contributed by atoms with Crippen molar-refractivity contribution in [2.24, 2.45) is 0 Å². The van der Waals surface area contributed by atoms with Gasteiger partial charge in [-0.25, -0.2) is 9.97 Å². The zero-order valence-electron chi connectivity index (χ0n) is 13.4. The van der Waals surface area contributed by atoms with Crippen LogP contribution in [0.25, 0.3) is 0 Å². The van der Waals surface area contributed by atoms with Crippen molar-refractivity contribution in [2.45, 2.75) is 5.03 Å². The van der Waals surface area contributed by atoms with E-state index in [9.17, 15) is 4.79 Å². The quantitative estimate of drug-likeness (QED) is 0.795. The molecule has 0 bridgehead atoms. The van der Waals surface area contributed by atoms with Gasteiger partial charge in [-0.1, -0.05) is 11.8 Å². The van der Waals surface area contributed by atoms with E-state index in [1.54, 1.807) is 12.3 Å². The normalized spacial score (nSPS) is 15.3. The first-order chi connectivity index (χ1) is 11.7. The predicted molar refractivity (Wildman–Crippen MR) is 93.1 cm³/mol. The van der Waals surface area contributed by atoms with Crippen LogP contribution in [-0.4, -0.2) is 70.0 Å². The van der Waals surface area contributed by atoms with E-state index in [1.165, 1.54) is 18.1 Å². The van der Waals surface area contributed by atoms with Crippen LogP contribution < -0.4 is 10.2 Å². The van der Waals surface area contributed by atoms with E-state index in [2.05, 4.69) is 42.3 Å². The highest BCUT2D eigenvalue weighted by Crippen LogP contribution is 2.17. The molecule has 3 rings (SSSR count). The minimum atomic E-state index is -0.131. The summed E-state index contributed by atoms with van der Waals surface area (Å²) in [5, 5.41) is 11.2. The summed E-state index contributed by atoms with van der Waals surface area (Å²) in [6.45, 7) is 3.84. The first kappa shape index (κ1) is 16.6. The molecule has 0 saturated carbocycles. The highest BCUT2D eigenvalue weighted by atomic mass is 32.2. The molecule has 1 aliphatic heterocycles. The Kier molecular flexibility index (Phi) is 5.55. The van der Waals surface area contributed by atoms with Gasteiger partial charge < -0.3 is 15.1 Å². The second-order valence-electron chi connectivity index (χ2n) is 5.45. The lowest BCUT2D eigenvalue weighted by Crippen LogP contribution is -2.44. The number of amides is 1. The van der Waals surface area contributed by atoms with Crippen molar-refractivity contribution in [3.8, 4) is 0 Å². The standard InChI is InChI=1S/C15H19N7OS/c1-21-5-7-22(8-6-21)13-9-12(16-11-17-13)19-14(23)10-24-15-3-2-4-18-20-15/h2-4,9,11H,5-8,10H2,1H3,(H,16,17,19,23). The number of aromatic nitrogens is 4. The van der Waals surface area contributed by atoms with E-state index in [4.69, 9.17) is 0 Å². The van der Waals surface area contributed by atoms with Crippen LogP contribution in [0.15, 0.2) is 35.7 Å². The third-order valence-electron chi connectivity index (χ3n) is 3.65. The fraction of sp³-hybridized carbons (Fsp3) is 0.400. The third kappa shape index (κ3) is 4.62. The summed E-state index contributed by atoms with van der Waals surface area (Å²) < 4.78 is 0. The lowest BCUT2D eigenvalue weighted by Gasteiger charge is -2.33. The molecule has 2 aromatic heterocycles. The first-order valence-corrected chi connectivity index (χ1v) is 8.65. The molecule has 1 amide bonds. The van der Waals surface area contributed by atoms with Gasteiger partial charge in [0.15, 0.2) is 0 Å². The number of likely N-dealkylation sites (N-methyl/N-ethyl adjacent to an activating group) is 1. The van der Waals surface area contributed by atoms with Gasteiger partial charge in [-0.2, -0.15) is 5.10 Å². The third-order valence-corrected chi connectivity index (χ3v) is 4.57. The van der Waals surface area contributed by atoms with Crippen molar-refractivity contribution in [2.75, 3.05) is 49.2 Å². The van der Waals surface area contributed by atoms with E-state index in [1.807, 2.05) is 12.1 Å². The van der Waals surface area contributed by atoms with Crippen LogP contribution in [0.5, 0.6) is 0 Å². The zero-order chi connectivity index (χ0) is 16.8. The molecule has 9 heteroatoms. The second kappa shape index (κ2) is 8.02. The van der Waals surface area contributed by atoms with Crippen molar-refractivity contribution in [1.82, 2.24) is 25.1 Å². The van der Waals surface area contributed by atoms with Crippen molar-refractivity contribution in [3.63, 3.8) is 0 Å². The van der Waals surface area contributed by atoms with E-state index in [-0.39, 0.29) is 11.7 Å². The molecule has 0 spiro atoms. The fourth-order valence-electron chi connectivity index (χ4n) is 2.31. The maximum Gasteiger partial charge on any atom is 0.235 e. The molecule has 0 aromatic carbocycles. The summed E-state index contributed by atoms with van der Waals surface area (Å²) in [4.78, 5) is 25.0. The number of rotatable bonds is 5. The van der Waals surface area contributed by atoms with Crippen LogP contribution in [0, 0.1) is 0 Å². The fourth-order valence-corrected chi connectivity index (χ4v) is 2.94. The molecule has 1 saturated heterocycles. The van der Waals surface area contributed by atoms with Crippen molar-refractivity contribution >= 4 is 29.3 Å². The van der Waals surface area contributed by atoms with Crippen LogP contribution in [0.3, 0.4) is 0 Å². The summed E-state index contributed by atoms with van der Waals surface area (Å²) in [5.41, 5.74) is 0. The Labute approximate surface area is 144 Å². The molecule has 0 aliphatic carbocycles. The molecule has 2 aromatic rings. The summed E-state index contributed by atoms with van der Waals surface area (Å²) >= 11 is 1.34. The Hall–Kier alpha value is -2.26. The molecule has 8 nitrogen and oxygen atoms in total. The van der Waals surface area contributed by atoms with Gasteiger partial charge in [-0.3, -0.25) is 4.79 Å². The van der Waals surface area contributed by atoms with Crippen molar-refractivity contribution in [1.29, 1.82) is 0 Å². The molecule has 0 atom stereocenters. The molecule has 0 radical (unpaired) electrons. The van der Waals surface area contributed by atoms with Gasteiger partial charge in [0.25, 0.3) is 0 Å². The van der Waals surface area contributed by atoms with E-state index in [0.29, 0.717) is 10.8 Å². The predicted octanol–water partition coefficient (Wildman–Crippen LogP) is 0.749. The number of nitrogens with zero attached hydrogens (tertiary/aromatic N) is 6. The van der Waals surface area contributed by atoms with Gasteiger partial charge in [-0.05, 0) is 19.2 Å². The molecule has 24 heavy (non-hydrogen) atoms. The Bertz CT molecular complexity index is 677. The van der Waals surface area contributed by atoms with E-state index >= 15 is 0 Å². The number of carbonyl (C=O) groups is 1. The minimum absolute atomic E-state index is 0.131. The molecular weight excluding hydrogens is 326 g/mol. The van der Waals surface area contributed by atoms with Gasteiger partial charge in [0.1, 0.15) is 23.0 Å². The summed E-state index contributed by atoms with van der Waals surface area (Å²) in [6, 6.07) is 5.43. The molecule has 1 aliphatic rings. The van der Waals surface area contributed by atoms with Gasteiger partial charge in [0, 0.05) is 38.4 Å². The number of anilines is 2. The lowest BCUT2D eigenvalue weighted by atomic mass is 10.3. The number of nitrogens with one attached hydrogen (secondary N) is 1. The zero-order valence-corrected chi connectivity index (χ0v) is 14.2. The monoisotopic (exact) mass is 345 g/mol. The molecule has 1 fully saturated rings. The van der Waals surface area contributed by atoms with Crippen LogP contribution in [0.2, 0.25) is 0 Å².